The first kappa shape index (κ1) is 22.9. The SMILES string of the molecule is O=S(=O)(O)O.[Mg+2].[Na+].[O-]B([O-])[O-]. The summed E-state index contributed by atoms with van der Waals surface area (Å²) in [6, 6.07) is 0. The van der Waals surface area contributed by atoms with Crippen molar-refractivity contribution in [1.82, 2.24) is 0 Å². The monoisotopic (exact) mass is 204 g/mol. The fourth-order valence-electron chi connectivity index (χ4n) is 0. The molecule has 0 unspecified atom stereocenters. The molecule has 0 aliphatic rings. The van der Waals surface area contributed by atoms with Crippen LogP contribution >= 0.6 is 0 Å². The first-order valence-electron chi connectivity index (χ1n) is 1.41. The summed E-state index contributed by atoms with van der Waals surface area (Å²) in [5, 5.41) is 25.2. The van der Waals surface area contributed by atoms with E-state index in [-0.39, 0.29) is 52.6 Å². The van der Waals surface area contributed by atoms with E-state index in [9.17, 15) is 0 Å². The quantitative estimate of drug-likeness (QED) is 0.294. The van der Waals surface area contributed by atoms with E-state index in [0.717, 1.165) is 0 Å². The van der Waals surface area contributed by atoms with Crippen LogP contribution in [0.2, 0.25) is 0 Å². The molecule has 0 rings (SSSR count). The Morgan fingerprint density at radius 3 is 1.09 bits per heavy atom. The van der Waals surface area contributed by atoms with Crippen molar-refractivity contribution < 1.29 is 62.2 Å². The molecule has 0 aromatic rings. The third-order valence-corrected chi connectivity index (χ3v) is 0. The molecule has 2 N–H and O–H groups in total. The second-order valence-electron chi connectivity index (χ2n) is 0.737. The van der Waals surface area contributed by atoms with Crippen LogP contribution in [0.1, 0.15) is 0 Å². The average Bonchev–Trinajstić information content (AvgIpc) is 1.19. The second kappa shape index (κ2) is 11.6. The van der Waals surface area contributed by atoms with E-state index in [4.69, 9.17) is 32.6 Å². The molecule has 0 fully saturated rings. The standard InChI is InChI=1S/BO3.Mg.Na.H2O4S/c2-1(3)4;;;1-5(2,3)4/h;;;(H2,1,2,3,4)/q-3;+2;+1;. The zero-order chi connectivity index (χ0) is 8.08. The van der Waals surface area contributed by atoms with E-state index in [1.165, 1.54) is 0 Å². The minimum Gasteiger partial charge on any atom is -0.907 e. The van der Waals surface area contributed by atoms with Crippen LogP contribution in [0.3, 0.4) is 0 Å². The van der Waals surface area contributed by atoms with Crippen LogP contribution in [0.15, 0.2) is 0 Å². The summed E-state index contributed by atoms with van der Waals surface area (Å²) < 4.78 is 31.6. The third-order valence-electron chi connectivity index (χ3n) is 0. The molecule has 0 aliphatic heterocycles. The molecule has 0 aliphatic carbocycles. The van der Waals surface area contributed by atoms with Crippen LogP contribution in [-0.2, 0) is 10.4 Å². The first-order valence-corrected chi connectivity index (χ1v) is 2.80. The molecule has 0 spiro atoms. The van der Waals surface area contributed by atoms with Crippen LogP contribution in [0, 0.1) is 0 Å². The molecular weight excluding hydrogens is 202 g/mol. The molecule has 0 saturated carbocycles. The maximum atomic E-state index is 8.74. The van der Waals surface area contributed by atoms with Crippen LogP contribution < -0.4 is 44.6 Å². The smallest absolute Gasteiger partial charge is 0.907 e. The predicted octanol–water partition coefficient (Wildman–Crippen LogP) is -7.98. The Morgan fingerprint density at radius 1 is 1.09 bits per heavy atom. The Morgan fingerprint density at radius 2 is 1.09 bits per heavy atom. The Bertz CT molecular complexity index is 130. The van der Waals surface area contributed by atoms with Crippen molar-refractivity contribution in [2.75, 3.05) is 0 Å². The molecule has 56 valence electrons. The van der Waals surface area contributed by atoms with E-state index in [0.29, 0.717) is 0 Å². The van der Waals surface area contributed by atoms with Gasteiger partial charge < -0.3 is 15.1 Å². The molecule has 0 aromatic carbocycles. The largest absolute Gasteiger partial charge is 2.00 e. The molecule has 0 bridgehead atoms. The predicted molar refractivity (Wildman–Crippen MR) is 25.7 cm³/mol. The fourth-order valence-corrected chi connectivity index (χ4v) is 0. The van der Waals surface area contributed by atoms with Gasteiger partial charge in [0, 0.05) is 0 Å². The van der Waals surface area contributed by atoms with Crippen molar-refractivity contribution in [1.29, 1.82) is 0 Å². The molecule has 7 nitrogen and oxygen atoms in total. The molecule has 0 radical (unpaired) electrons. The molecule has 0 aromatic heterocycles. The average molecular weight is 204 g/mol. The fraction of sp³-hybridized carbons (Fsp3) is 0. The van der Waals surface area contributed by atoms with Crippen molar-refractivity contribution in [2.24, 2.45) is 0 Å². The van der Waals surface area contributed by atoms with E-state index in [1.807, 2.05) is 0 Å². The van der Waals surface area contributed by atoms with E-state index < -0.39 is 17.7 Å². The molecule has 0 atom stereocenters. The summed E-state index contributed by atoms with van der Waals surface area (Å²) >= 11 is 0. The minimum atomic E-state index is -4.67. The topological polar surface area (TPSA) is 144 Å². The molecule has 11 heteroatoms. The molecule has 0 heterocycles. The number of hydrogen-bond acceptors (Lipinski definition) is 5. The summed E-state index contributed by atoms with van der Waals surface area (Å²) in [4.78, 5) is 0. The zero-order valence-electron chi connectivity index (χ0n) is 5.63. The molecular formula is H2BMgNaO7S. The summed E-state index contributed by atoms with van der Waals surface area (Å²) in [6.07, 6.45) is 0. The van der Waals surface area contributed by atoms with Gasteiger partial charge in [0.1, 0.15) is 0 Å². The van der Waals surface area contributed by atoms with Gasteiger partial charge in [-0.25, -0.2) is 0 Å². The third kappa shape index (κ3) is 425. The Kier molecular flexibility index (Phi) is 24.1. The zero-order valence-corrected chi connectivity index (χ0v) is 9.86. The summed E-state index contributed by atoms with van der Waals surface area (Å²) in [7, 11) is -7.58. The Labute approximate surface area is 102 Å². The van der Waals surface area contributed by atoms with Crippen molar-refractivity contribution in [3.63, 3.8) is 0 Å². The normalized spacial score (nSPS) is 7.73. The Hall–Kier alpha value is 1.58. The van der Waals surface area contributed by atoms with Crippen LogP contribution in [0.5, 0.6) is 0 Å². The van der Waals surface area contributed by atoms with Crippen LogP contribution in [0.25, 0.3) is 0 Å². The van der Waals surface area contributed by atoms with Gasteiger partial charge in [-0.05, 0) is 0 Å². The van der Waals surface area contributed by atoms with Gasteiger partial charge in [0.25, 0.3) is 0 Å². The van der Waals surface area contributed by atoms with Gasteiger partial charge in [-0.1, -0.05) is 0 Å². The first-order chi connectivity index (χ1) is 3.73. The van der Waals surface area contributed by atoms with E-state index >= 15 is 0 Å². The van der Waals surface area contributed by atoms with E-state index in [2.05, 4.69) is 0 Å². The van der Waals surface area contributed by atoms with Crippen molar-refractivity contribution >= 4 is 40.8 Å². The van der Waals surface area contributed by atoms with Crippen LogP contribution in [-0.4, -0.2) is 47.9 Å². The van der Waals surface area contributed by atoms with Gasteiger partial charge in [-0.2, -0.15) is 8.42 Å². The summed E-state index contributed by atoms with van der Waals surface area (Å²) in [5.74, 6) is 0. The molecule has 11 heavy (non-hydrogen) atoms. The van der Waals surface area contributed by atoms with Crippen molar-refractivity contribution in [3.05, 3.63) is 0 Å². The summed E-state index contributed by atoms with van der Waals surface area (Å²) in [5.41, 5.74) is 0. The van der Waals surface area contributed by atoms with E-state index in [1.54, 1.807) is 0 Å². The van der Waals surface area contributed by atoms with Gasteiger partial charge in [-0.3, -0.25) is 16.4 Å². The van der Waals surface area contributed by atoms with Crippen molar-refractivity contribution in [3.8, 4) is 0 Å². The number of rotatable bonds is 0. The second-order valence-corrected chi connectivity index (χ2v) is 1.63. The minimum absolute atomic E-state index is 0. The van der Waals surface area contributed by atoms with Gasteiger partial charge in [0.15, 0.2) is 0 Å². The maximum Gasteiger partial charge on any atom is 2.00 e. The van der Waals surface area contributed by atoms with Gasteiger partial charge in [0.2, 0.25) is 0 Å². The molecule has 0 saturated heterocycles. The van der Waals surface area contributed by atoms with Crippen molar-refractivity contribution in [2.45, 2.75) is 0 Å². The van der Waals surface area contributed by atoms with Gasteiger partial charge >= 0.3 is 63.0 Å². The molecule has 0 amide bonds. The number of hydrogen-bond donors (Lipinski definition) is 2. The van der Waals surface area contributed by atoms with Crippen LogP contribution in [0.4, 0.5) is 0 Å². The summed E-state index contributed by atoms with van der Waals surface area (Å²) in [6.45, 7) is 0. The Balaban J connectivity index is -0.0000000383. The maximum absolute atomic E-state index is 8.74. The van der Waals surface area contributed by atoms with Gasteiger partial charge in [-0.15, -0.1) is 0 Å². The van der Waals surface area contributed by atoms with Gasteiger partial charge in [0.05, 0.1) is 0 Å².